The molecule has 1 aliphatic heterocycles. The number of amides is 1. The fraction of sp³-hybridized carbons (Fsp3) is 0.344. The van der Waals surface area contributed by atoms with Crippen LogP contribution in [-0.2, 0) is 20.7 Å². The van der Waals surface area contributed by atoms with Gasteiger partial charge in [0.2, 0.25) is 0 Å². The van der Waals surface area contributed by atoms with Gasteiger partial charge in [-0.05, 0) is 62.0 Å². The Bertz CT molecular complexity index is 1130. The number of aliphatic hydroxyl groups is 1. The van der Waals surface area contributed by atoms with E-state index in [4.69, 9.17) is 29.8 Å². The van der Waals surface area contributed by atoms with Gasteiger partial charge in [-0.3, -0.25) is 9.59 Å². The van der Waals surface area contributed by atoms with Gasteiger partial charge < -0.3 is 34.9 Å². The Hall–Kier alpha value is -4.57. The minimum Gasteiger partial charge on any atom is -0.508 e. The molecule has 2 heterocycles. The van der Waals surface area contributed by atoms with Crippen LogP contribution in [0.3, 0.4) is 0 Å². The van der Waals surface area contributed by atoms with Crippen LogP contribution in [0.1, 0.15) is 42.2 Å². The van der Waals surface area contributed by atoms with E-state index in [0.29, 0.717) is 25.6 Å². The first-order valence-corrected chi connectivity index (χ1v) is 13.2. The molecule has 1 aromatic heterocycles. The summed E-state index contributed by atoms with van der Waals surface area (Å²) >= 11 is 0. The molecular formula is C32H44N2O8. The van der Waals surface area contributed by atoms with E-state index >= 15 is 0 Å². The molecule has 0 radical (unpaired) electrons. The van der Waals surface area contributed by atoms with Crippen molar-refractivity contribution in [2.24, 2.45) is 11.7 Å². The molecule has 3 rings (SSSR count). The van der Waals surface area contributed by atoms with Crippen molar-refractivity contribution in [3.63, 3.8) is 0 Å². The summed E-state index contributed by atoms with van der Waals surface area (Å²) in [5.74, 6) is 0.384. The Balaban J connectivity index is 0.000000674. The van der Waals surface area contributed by atoms with Crippen LogP contribution in [0.5, 0.6) is 17.2 Å². The third-order valence-corrected chi connectivity index (χ3v) is 5.64. The Morgan fingerprint density at radius 2 is 1.81 bits per heavy atom. The van der Waals surface area contributed by atoms with Crippen LogP contribution >= 0.6 is 0 Å². The van der Waals surface area contributed by atoms with Crippen molar-refractivity contribution >= 4 is 11.9 Å². The molecule has 4 N–H and O–H groups in total. The number of carbonyl (C=O) groups excluding carboxylic acids is 2. The van der Waals surface area contributed by atoms with Crippen LogP contribution in [0.2, 0.25) is 0 Å². The lowest BCUT2D eigenvalue weighted by Crippen LogP contribution is -2.23. The summed E-state index contributed by atoms with van der Waals surface area (Å²) in [6, 6.07) is 9.58. The molecule has 0 bridgehead atoms. The quantitative estimate of drug-likeness (QED) is 0.166. The predicted octanol–water partition coefficient (Wildman–Crippen LogP) is 5.48. The van der Waals surface area contributed by atoms with E-state index in [2.05, 4.69) is 43.4 Å². The average Bonchev–Trinajstić information content (AvgIpc) is 2.98. The highest BCUT2D eigenvalue weighted by Gasteiger charge is 2.19. The van der Waals surface area contributed by atoms with E-state index in [1.165, 1.54) is 43.2 Å². The fourth-order valence-corrected chi connectivity index (χ4v) is 3.68. The lowest BCUT2D eigenvalue weighted by atomic mass is 9.91. The summed E-state index contributed by atoms with van der Waals surface area (Å²) in [5, 5.41) is 17.8. The van der Waals surface area contributed by atoms with Gasteiger partial charge in [-0.1, -0.05) is 31.4 Å². The van der Waals surface area contributed by atoms with E-state index in [1.54, 1.807) is 7.11 Å². The van der Waals surface area contributed by atoms with E-state index in [-0.39, 0.29) is 35.0 Å². The maximum atomic E-state index is 11.5. The molecule has 10 heteroatoms. The van der Waals surface area contributed by atoms with E-state index < -0.39 is 5.91 Å². The lowest BCUT2D eigenvalue weighted by Gasteiger charge is -2.23. The molecule has 2 atom stereocenters. The maximum absolute atomic E-state index is 11.5. The minimum atomic E-state index is -0.786. The van der Waals surface area contributed by atoms with Crippen LogP contribution in [0.4, 0.5) is 0 Å². The van der Waals surface area contributed by atoms with Crippen LogP contribution in [0.25, 0.3) is 0 Å². The second-order valence-corrected chi connectivity index (χ2v) is 8.71. The van der Waals surface area contributed by atoms with Crippen molar-refractivity contribution in [2.45, 2.75) is 38.7 Å². The predicted molar refractivity (Wildman–Crippen MR) is 164 cm³/mol. The van der Waals surface area contributed by atoms with Crippen LogP contribution in [0, 0.1) is 5.92 Å². The van der Waals surface area contributed by atoms with Crippen LogP contribution < -0.4 is 15.2 Å². The molecule has 1 aliphatic rings. The van der Waals surface area contributed by atoms with E-state index in [9.17, 15) is 14.7 Å². The normalized spacial score (nSPS) is 16.6. The number of esters is 1. The number of cyclic esters (lactones) is 1. The molecule has 42 heavy (non-hydrogen) atoms. The highest BCUT2D eigenvalue weighted by atomic mass is 16.5. The highest BCUT2D eigenvalue weighted by Crippen LogP contribution is 2.27. The number of ether oxygens (including phenoxy) is 4. The number of nitrogens with two attached hydrogens (primary N) is 1. The van der Waals surface area contributed by atoms with Gasteiger partial charge in [-0.2, -0.15) is 0 Å². The van der Waals surface area contributed by atoms with Gasteiger partial charge in [-0.25, -0.2) is 4.98 Å². The number of hydrogen-bond acceptors (Lipinski definition) is 9. The van der Waals surface area contributed by atoms with Crippen molar-refractivity contribution in [2.75, 3.05) is 27.4 Å². The third kappa shape index (κ3) is 15.3. The minimum absolute atomic E-state index is 0.0288. The second kappa shape index (κ2) is 22.2. The number of allylic oxidation sites excluding steroid dienone is 3. The van der Waals surface area contributed by atoms with Gasteiger partial charge in [-0.15, -0.1) is 13.2 Å². The fourth-order valence-electron chi connectivity index (χ4n) is 3.68. The molecule has 230 valence electrons. The summed E-state index contributed by atoms with van der Waals surface area (Å²) in [5.41, 5.74) is 6.01. The summed E-state index contributed by atoms with van der Waals surface area (Å²) in [4.78, 5) is 25.7. The SMILES string of the molecule is C=C.C=C/C=C(/O)C=C.COc1ccc(CC2CCOCCC(=O)OC(C)C2)cc1.COc1ccnc(C(N)=O)c1O. The van der Waals surface area contributed by atoms with Crippen molar-refractivity contribution < 1.29 is 38.7 Å². The Labute approximate surface area is 248 Å². The molecule has 10 nitrogen and oxygen atoms in total. The van der Waals surface area contributed by atoms with Crippen molar-refractivity contribution in [1.29, 1.82) is 0 Å². The van der Waals surface area contributed by atoms with Gasteiger partial charge in [0.15, 0.2) is 17.2 Å². The molecule has 1 fully saturated rings. The molecule has 1 amide bonds. The standard InChI is InChI=1S/C17H24O4.C7H8N2O3.C6H8O.C2H4/c1-13-11-15(7-9-20-10-8-17(18)21-13)12-14-3-5-16(19-2)6-4-14;1-12-4-2-3-9-5(6(4)10)7(8)11;1-3-5-6(7)4-2;1-2/h3-6,13,15H,7-12H2,1-2H3;2-3,10H,1H3,(H2,8,11);3-5,7H,1-2H2;1-2H2/b;;6-5+;. The van der Waals surface area contributed by atoms with Crippen LogP contribution in [0.15, 0.2) is 86.8 Å². The molecular weight excluding hydrogens is 540 g/mol. The first-order valence-electron chi connectivity index (χ1n) is 13.2. The summed E-state index contributed by atoms with van der Waals surface area (Å²) in [7, 11) is 3.05. The van der Waals surface area contributed by atoms with Gasteiger partial charge >= 0.3 is 5.97 Å². The number of benzene rings is 1. The zero-order valence-corrected chi connectivity index (χ0v) is 24.8. The first-order chi connectivity index (χ1) is 20.1. The number of aromatic hydroxyl groups is 1. The van der Waals surface area contributed by atoms with E-state index in [0.717, 1.165) is 25.0 Å². The van der Waals surface area contributed by atoms with Crippen molar-refractivity contribution in [3.8, 4) is 17.2 Å². The zero-order chi connectivity index (χ0) is 31.9. The molecule has 0 aliphatic carbocycles. The first kappa shape index (κ1) is 37.4. The van der Waals surface area contributed by atoms with Crippen LogP contribution in [-0.4, -0.2) is 60.6 Å². The van der Waals surface area contributed by atoms with Gasteiger partial charge in [0.1, 0.15) is 11.5 Å². The topological polar surface area (TPSA) is 150 Å². The molecule has 2 unspecified atom stereocenters. The van der Waals surface area contributed by atoms with Gasteiger partial charge in [0, 0.05) is 18.9 Å². The number of methoxy groups -OCH3 is 2. The second-order valence-electron chi connectivity index (χ2n) is 8.71. The zero-order valence-electron chi connectivity index (χ0n) is 24.8. The monoisotopic (exact) mass is 584 g/mol. The number of nitrogens with zero attached hydrogens (tertiary/aromatic N) is 1. The van der Waals surface area contributed by atoms with Gasteiger partial charge in [0.05, 0.1) is 33.4 Å². The molecule has 0 saturated carbocycles. The number of primary amides is 1. The lowest BCUT2D eigenvalue weighted by molar-refractivity contribution is -0.151. The number of aliphatic hydroxyl groups excluding tert-OH is 1. The number of carbonyl (C=O) groups is 2. The van der Waals surface area contributed by atoms with Crippen molar-refractivity contribution in [3.05, 3.63) is 98.1 Å². The maximum Gasteiger partial charge on any atom is 0.308 e. The molecule has 1 saturated heterocycles. The Morgan fingerprint density at radius 1 is 1.14 bits per heavy atom. The third-order valence-electron chi connectivity index (χ3n) is 5.64. The number of rotatable bonds is 7. The Morgan fingerprint density at radius 3 is 2.33 bits per heavy atom. The molecule has 1 aromatic carbocycles. The number of hydrogen-bond donors (Lipinski definition) is 3. The summed E-state index contributed by atoms with van der Waals surface area (Å²) in [6.07, 6.45) is 8.81. The number of pyridine rings is 1. The smallest absolute Gasteiger partial charge is 0.308 e. The average molecular weight is 585 g/mol. The summed E-state index contributed by atoms with van der Waals surface area (Å²) < 4.78 is 20.8. The Kier molecular flexibility index (Phi) is 19.7. The van der Waals surface area contributed by atoms with E-state index in [1.807, 2.05) is 19.1 Å². The largest absolute Gasteiger partial charge is 0.508 e. The highest BCUT2D eigenvalue weighted by molar-refractivity contribution is 5.94. The molecule has 2 aromatic rings. The molecule has 0 spiro atoms. The number of aromatic nitrogens is 1. The van der Waals surface area contributed by atoms with Gasteiger partial charge in [0.25, 0.3) is 5.91 Å². The van der Waals surface area contributed by atoms with Crippen molar-refractivity contribution in [1.82, 2.24) is 4.98 Å². The summed E-state index contributed by atoms with van der Waals surface area (Å²) in [6.45, 7) is 15.8.